The topological polar surface area (TPSA) is 191 Å². The summed E-state index contributed by atoms with van der Waals surface area (Å²) in [7, 11) is 5.00. The minimum absolute atomic E-state index is 0.0879. The van der Waals surface area contributed by atoms with Crippen LogP contribution < -0.4 is 15.9 Å². The van der Waals surface area contributed by atoms with Gasteiger partial charge in [0.2, 0.25) is 0 Å². The van der Waals surface area contributed by atoms with Crippen molar-refractivity contribution in [2.45, 2.75) is 198 Å². The molecule has 3 aromatic carbocycles. The van der Waals surface area contributed by atoms with Crippen molar-refractivity contribution in [3.05, 3.63) is 91.0 Å². The van der Waals surface area contributed by atoms with Gasteiger partial charge in [0.1, 0.15) is 18.3 Å². The SMILES string of the molecule is CC[C@H]1OC(=O)[C@H](C)C([C@H]2C[C@@](C)(OC)[C@@H](O)[C@H](C)O2)[C@H](C)[C@@H](O[C@@H]2O[C@H](C)C[C@H](N(C)C)[C@H]2O)[C@](C)(O)C[C@@H](C)CN(C(=O)CCCCN(C)CC[PH](c2ccccc2)(c2ccccc2)c2ccccc2)[C@H](C)[C@@H](O)[C@]1(C)O. The number of hydrogen-bond acceptors (Lipinski definition) is 14. The van der Waals surface area contributed by atoms with E-state index in [1.807, 2.05) is 39.8 Å². The monoisotopic (exact) mass is 1120 g/mol. The van der Waals surface area contributed by atoms with Crippen LogP contribution in [-0.2, 0) is 33.3 Å². The molecule has 3 aromatic rings. The van der Waals surface area contributed by atoms with Crippen molar-refractivity contribution >= 4 is 35.1 Å². The first-order chi connectivity index (χ1) is 37.2. The van der Waals surface area contributed by atoms with Gasteiger partial charge in [-0.1, -0.05) is 20.8 Å². The van der Waals surface area contributed by atoms with E-state index in [0.717, 1.165) is 25.7 Å². The number of carbonyl (C=O) groups excluding carboxylic acids is 2. The molecule has 79 heavy (non-hydrogen) atoms. The molecule has 3 saturated heterocycles. The molecule has 0 saturated carbocycles. The molecule has 0 bridgehead atoms. The summed E-state index contributed by atoms with van der Waals surface area (Å²) in [6, 6.07) is 31.4. The zero-order valence-electron chi connectivity index (χ0n) is 50.0. The average molecular weight is 1120 g/mol. The second-order valence-corrected chi connectivity index (χ2v) is 28.9. The molecule has 1 amide bonds. The Balaban J connectivity index is 1.29. The third-order valence-corrected chi connectivity index (χ3v) is 23.4. The molecule has 0 aliphatic carbocycles. The number of unbranched alkanes of at least 4 members (excludes halogenated alkanes) is 1. The Hall–Kier alpha value is -3.41. The molecule has 3 heterocycles. The molecule has 6 rings (SSSR count). The van der Waals surface area contributed by atoms with Crippen molar-refractivity contribution in [1.82, 2.24) is 14.7 Å². The van der Waals surface area contributed by atoms with Crippen LogP contribution in [0.2, 0.25) is 0 Å². The van der Waals surface area contributed by atoms with E-state index in [-0.39, 0.29) is 50.3 Å². The van der Waals surface area contributed by atoms with Crippen LogP contribution in [0.25, 0.3) is 0 Å². The molecule has 3 aliphatic rings. The van der Waals surface area contributed by atoms with E-state index in [9.17, 15) is 35.1 Å². The number of benzene rings is 3. The number of methoxy groups -OCH3 is 1. The summed E-state index contributed by atoms with van der Waals surface area (Å²) >= 11 is 0. The third-order valence-electron chi connectivity index (χ3n) is 18.4. The van der Waals surface area contributed by atoms with Gasteiger partial charge in [-0.3, -0.25) is 4.79 Å². The second-order valence-electron chi connectivity index (χ2n) is 24.9. The molecule has 0 radical (unpaired) electrons. The Morgan fingerprint density at radius 3 is 1.86 bits per heavy atom. The van der Waals surface area contributed by atoms with Crippen LogP contribution >= 0.6 is 7.26 Å². The number of likely N-dealkylation sites (N-methyl/N-ethyl adjacent to an activating group) is 1. The number of aliphatic hydroxyl groups is 5. The Kier molecular flexibility index (Phi) is 22.8. The number of carbonyl (C=O) groups is 2. The Bertz CT molecular complexity index is 2250. The van der Waals surface area contributed by atoms with E-state index in [1.54, 1.807) is 46.4 Å². The van der Waals surface area contributed by atoms with Crippen molar-refractivity contribution in [3.8, 4) is 0 Å². The molecule has 0 spiro atoms. The molecule has 1 unspecified atom stereocenters. The summed E-state index contributed by atoms with van der Waals surface area (Å²) in [5.74, 6) is -3.73. The van der Waals surface area contributed by atoms with Gasteiger partial charge in [0.15, 0.2) is 6.29 Å². The van der Waals surface area contributed by atoms with E-state index in [1.165, 1.54) is 29.9 Å². The molecule has 0 aromatic heterocycles. The average Bonchev–Trinajstić information content (AvgIpc) is 3.45. The summed E-state index contributed by atoms with van der Waals surface area (Å²) in [4.78, 5) is 35.6. The van der Waals surface area contributed by atoms with Gasteiger partial charge < -0.3 is 49.0 Å². The van der Waals surface area contributed by atoms with Crippen molar-refractivity contribution in [1.29, 1.82) is 0 Å². The van der Waals surface area contributed by atoms with Crippen molar-refractivity contribution in [2.24, 2.45) is 23.7 Å². The first kappa shape index (κ1) is 64.8. The molecule has 3 aliphatic heterocycles. The Morgan fingerprint density at radius 2 is 1.34 bits per heavy atom. The van der Waals surface area contributed by atoms with Gasteiger partial charge in [0, 0.05) is 25.5 Å². The van der Waals surface area contributed by atoms with Gasteiger partial charge in [-0.25, -0.2) is 0 Å². The van der Waals surface area contributed by atoms with E-state index in [0.29, 0.717) is 12.8 Å². The van der Waals surface area contributed by atoms with Crippen molar-refractivity contribution < 1.29 is 58.8 Å². The third kappa shape index (κ3) is 14.9. The van der Waals surface area contributed by atoms with Gasteiger partial charge >= 0.3 is 242 Å². The number of amides is 1. The minimum Gasteiger partial charge on any atom is -0.383 e. The maximum absolute atomic E-state index is 14.9. The zero-order valence-corrected chi connectivity index (χ0v) is 51.0. The van der Waals surface area contributed by atoms with Gasteiger partial charge in [-0.15, -0.1) is 0 Å². The van der Waals surface area contributed by atoms with Gasteiger partial charge in [0.25, 0.3) is 0 Å². The summed E-state index contributed by atoms with van der Waals surface area (Å²) < 4.78 is 32.2. The van der Waals surface area contributed by atoms with Gasteiger partial charge in [0.05, 0.1) is 41.5 Å². The summed E-state index contributed by atoms with van der Waals surface area (Å²) in [6.45, 7) is 19.4. The van der Waals surface area contributed by atoms with Crippen LogP contribution in [0.5, 0.6) is 0 Å². The predicted octanol–water partition coefficient (Wildman–Crippen LogP) is 5.90. The molecule has 444 valence electrons. The van der Waals surface area contributed by atoms with Gasteiger partial charge in [-0.2, -0.15) is 0 Å². The first-order valence-electron chi connectivity index (χ1n) is 29.3. The number of esters is 1. The quantitative estimate of drug-likeness (QED) is 0.0610. The number of cyclic esters (lactones) is 1. The van der Waals surface area contributed by atoms with Crippen LogP contribution in [-0.4, -0.2) is 190 Å². The summed E-state index contributed by atoms with van der Waals surface area (Å²) in [6.07, 6.45) is -5.46. The molecule has 3 fully saturated rings. The van der Waals surface area contributed by atoms with Crippen molar-refractivity contribution in [3.63, 3.8) is 0 Å². The van der Waals surface area contributed by atoms with E-state index in [2.05, 4.69) is 103 Å². The van der Waals surface area contributed by atoms with E-state index < -0.39 is 109 Å². The number of nitrogens with zero attached hydrogens (tertiary/aromatic N) is 3. The summed E-state index contributed by atoms with van der Waals surface area (Å²) in [5, 5.41) is 65.2. The molecule has 18 atom stereocenters. The fourth-order valence-corrected chi connectivity index (χ4v) is 18.6. The van der Waals surface area contributed by atoms with Crippen LogP contribution in [0.3, 0.4) is 0 Å². The number of hydrogen-bond donors (Lipinski definition) is 5. The van der Waals surface area contributed by atoms with Crippen LogP contribution in [0, 0.1) is 23.7 Å². The van der Waals surface area contributed by atoms with E-state index >= 15 is 0 Å². The Labute approximate surface area is 473 Å². The molecular weight excluding hydrogens is 1020 g/mol. The van der Waals surface area contributed by atoms with Crippen LogP contribution in [0.4, 0.5) is 0 Å². The predicted molar refractivity (Wildman–Crippen MR) is 315 cm³/mol. The minimum atomic E-state index is -2.46. The smallest absolute Gasteiger partial charge is 0.383 e. The standard InChI is InChI=1S/C63H100N3O12P/c1-15-52-63(10,73)56(69)45(6)66(53(67)33-25-26-34-65(13)35-36-79(47-27-19-16-20-28-47,48-29-21-17-22-30-48)49-31-23-18-24-32-49)40-41(2)38-61(8,72)58(78-60-55(68)50(64(11)12)37-42(3)75-60)43(4)54(44(5)59(71)77-52)51-39-62(9,74-14)57(70)46(7)76-51/h16-24,27-32,41-46,50-52,54-58,60,68-70,72-73,79H,15,25-26,33-40H2,1-14H3/t41-,42-,43+,44-,45-,46+,50+,51-,52-,54?,55-,56-,57+,58-,60+,61-,62-,63-/m1/s1. The van der Waals surface area contributed by atoms with Crippen LogP contribution in [0.1, 0.15) is 114 Å². The van der Waals surface area contributed by atoms with Crippen LogP contribution in [0.15, 0.2) is 91.0 Å². The van der Waals surface area contributed by atoms with Crippen molar-refractivity contribution in [2.75, 3.05) is 54.0 Å². The number of rotatable bonds is 17. The normalized spacial score (nSPS) is 36.8. The second kappa shape index (κ2) is 27.8. The fraction of sp³-hybridized carbons (Fsp3) is 0.683. The molecule has 5 N–H and O–H groups in total. The van der Waals surface area contributed by atoms with E-state index in [4.69, 9.17) is 23.7 Å². The number of aliphatic hydroxyl groups excluding tert-OH is 3. The maximum atomic E-state index is 14.9. The molecular formula is C63H100N3O12P. The zero-order chi connectivity index (χ0) is 58.2. The van der Waals surface area contributed by atoms with Gasteiger partial charge in [-0.05, 0) is 67.5 Å². The Morgan fingerprint density at radius 1 is 0.785 bits per heavy atom. The molecule has 16 heteroatoms. The summed E-state index contributed by atoms with van der Waals surface area (Å²) in [5.41, 5.74) is -4.77. The molecule has 15 nitrogen and oxygen atoms in total. The number of ether oxygens (including phenoxy) is 5. The first-order valence-corrected chi connectivity index (χ1v) is 31.5. The fourth-order valence-electron chi connectivity index (χ4n) is 13.8.